The summed E-state index contributed by atoms with van der Waals surface area (Å²) in [6, 6.07) is 6.52. The molecule has 0 heterocycles. The number of benzene rings is 1. The minimum Gasteiger partial charge on any atom is -0.382 e. The van der Waals surface area contributed by atoms with Gasteiger partial charge in [0.15, 0.2) is 5.96 Å². The molecule has 9 heteroatoms. The molecule has 0 aliphatic heterocycles. The van der Waals surface area contributed by atoms with Gasteiger partial charge in [-0.05, 0) is 38.1 Å². The monoisotopic (exact) mass is 456 g/mol. The Hall–Kier alpha value is -0.910. The molecule has 0 saturated carbocycles. The molecule has 7 nitrogen and oxygen atoms in total. The van der Waals surface area contributed by atoms with Crippen LogP contribution in [0.15, 0.2) is 34.2 Å². The number of sulfonamides is 1. The van der Waals surface area contributed by atoms with Gasteiger partial charge in [-0.1, -0.05) is 12.1 Å². The summed E-state index contributed by atoms with van der Waals surface area (Å²) in [7, 11) is -2.02. The number of ether oxygens (including phenoxy) is 1. The average molecular weight is 456 g/mol. The first-order valence-corrected chi connectivity index (χ1v) is 8.62. The summed E-state index contributed by atoms with van der Waals surface area (Å²) in [5.41, 5.74) is 6.63. The highest BCUT2D eigenvalue weighted by Gasteiger charge is 2.10. The van der Waals surface area contributed by atoms with Crippen molar-refractivity contribution in [1.82, 2.24) is 10.0 Å². The van der Waals surface area contributed by atoms with Gasteiger partial charge >= 0.3 is 0 Å². The Balaban J connectivity index is 0.00000484. The second-order valence-corrected chi connectivity index (χ2v) is 6.42. The van der Waals surface area contributed by atoms with Gasteiger partial charge < -0.3 is 15.8 Å². The third kappa shape index (κ3) is 8.49. The maximum Gasteiger partial charge on any atom is 0.240 e. The van der Waals surface area contributed by atoms with Crippen molar-refractivity contribution in [2.75, 3.05) is 26.8 Å². The van der Waals surface area contributed by atoms with Crippen molar-refractivity contribution in [3.05, 3.63) is 29.8 Å². The van der Waals surface area contributed by atoms with Gasteiger partial charge in [-0.15, -0.1) is 24.0 Å². The second-order valence-electron chi connectivity index (χ2n) is 4.53. The minimum atomic E-state index is -3.40. The van der Waals surface area contributed by atoms with E-state index in [2.05, 4.69) is 15.0 Å². The lowest BCUT2D eigenvalue weighted by atomic mass is 10.2. The molecule has 132 valence electrons. The van der Waals surface area contributed by atoms with Crippen LogP contribution < -0.4 is 15.8 Å². The second kappa shape index (κ2) is 11.6. The van der Waals surface area contributed by atoms with Crippen molar-refractivity contribution >= 4 is 40.0 Å². The Bertz CT molecular complexity index is 576. The highest BCUT2D eigenvalue weighted by atomic mass is 127. The fraction of sp³-hybridized carbons (Fsp3) is 0.500. The number of nitrogens with one attached hydrogen (secondary N) is 2. The summed E-state index contributed by atoms with van der Waals surface area (Å²) in [6.45, 7) is 4.45. The van der Waals surface area contributed by atoms with Gasteiger partial charge in [-0.2, -0.15) is 0 Å². The normalized spacial score (nSPS) is 11.8. The zero-order chi connectivity index (χ0) is 16.4. The van der Waals surface area contributed by atoms with Crippen LogP contribution in [0.3, 0.4) is 0 Å². The number of hydrogen-bond donors (Lipinski definition) is 3. The highest BCUT2D eigenvalue weighted by molar-refractivity contribution is 14.0. The summed E-state index contributed by atoms with van der Waals surface area (Å²) in [5.74, 6) is 0.364. The molecule has 0 radical (unpaired) electrons. The molecular formula is C14H25IN4O3S. The number of halogens is 1. The smallest absolute Gasteiger partial charge is 0.240 e. The van der Waals surface area contributed by atoms with E-state index in [0.717, 1.165) is 12.0 Å². The van der Waals surface area contributed by atoms with E-state index in [9.17, 15) is 8.42 Å². The quantitative estimate of drug-likeness (QED) is 0.223. The van der Waals surface area contributed by atoms with E-state index in [1.165, 1.54) is 7.05 Å². The fourth-order valence-electron chi connectivity index (χ4n) is 1.66. The Morgan fingerprint density at radius 3 is 2.52 bits per heavy atom. The molecule has 0 bridgehead atoms. The maximum absolute atomic E-state index is 11.6. The molecule has 0 amide bonds. The predicted molar refractivity (Wildman–Crippen MR) is 103 cm³/mol. The van der Waals surface area contributed by atoms with Gasteiger partial charge in [0, 0.05) is 19.8 Å². The van der Waals surface area contributed by atoms with E-state index >= 15 is 0 Å². The van der Waals surface area contributed by atoms with Crippen LogP contribution in [0.4, 0.5) is 0 Å². The predicted octanol–water partition coefficient (Wildman–Crippen LogP) is 1.04. The number of nitrogens with zero attached hydrogens (tertiary/aromatic N) is 1. The Morgan fingerprint density at radius 2 is 1.96 bits per heavy atom. The number of aliphatic imine (C=N–C) groups is 1. The van der Waals surface area contributed by atoms with Crippen molar-refractivity contribution in [1.29, 1.82) is 0 Å². The molecular weight excluding hydrogens is 431 g/mol. The topological polar surface area (TPSA) is 106 Å². The van der Waals surface area contributed by atoms with Gasteiger partial charge in [0.1, 0.15) is 0 Å². The zero-order valence-corrected chi connectivity index (χ0v) is 16.6. The van der Waals surface area contributed by atoms with Crippen molar-refractivity contribution in [2.45, 2.75) is 24.8 Å². The maximum atomic E-state index is 11.6. The van der Waals surface area contributed by atoms with Crippen LogP contribution in [0.2, 0.25) is 0 Å². The van der Waals surface area contributed by atoms with Crippen LogP contribution in [0.5, 0.6) is 0 Å². The van der Waals surface area contributed by atoms with E-state index in [1.54, 1.807) is 24.3 Å². The van der Waals surface area contributed by atoms with Gasteiger partial charge in [0.2, 0.25) is 10.0 Å². The summed E-state index contributed by atoms with van der Waals surface area (Å²) < 4.78 is 30.7. The van der Waals surface area contributed by atoms with E-state index < -0.39 is 10.0 Å². The van der Waals surface area contributed by atoms with Gasteiger partial charge in [-0.25, -0.2) is 18.1 Å². The molecule has 23 heavy (non-hydrogen) atoms. The molecule has 4 N–H and O–H groups in total. The molecule has 0 spiro atoms. The molecule has 0 atom stereocenters. The van der Waals surface area contributed by atoms with Crippen LogP contribution in [-0.2, 0) is 21.3 Å². The first-order valence-electron chi connectivity index (χ1n) is 7.13. The van der Waals surface area contributed by atoms with E-state index in [4.69, 9.17) is 10.5 Å². The van der Waals surface area contributed by atoms with Crippen molar-refractivity contribution in [3.63, 3.8) is 0 Å². The lowest BCUT2D eigenvalue weighted by Gasteiger charge is -2.06. The van der Waals surface area contributed by atoms with Crippen LogP contribution in [0, 0.1) is 0 Å². The Morgan fingerprint density at radius 1 is 1.30 bits per heavy atom. The molecule has 0 aliphatic carbocycles. The number of hydrogen-bond acceptors (Lipinski definition) is 4. The molecule has 1 aromatic carbocycles. The Kier molecular flexibility index (Phi) is 11.1. The highest BCUT2D eigenvalue weighted by Crippen LogP contribution is 2.10. The zero-order valence-electron chi connectivity index (χ0n) is 13.4. The first-order chi connectivity index (χ1) is 10.5. The van der Waals surface area contributed by atoms with Gasteiger partial charge in [-0.3, -0.25) is 0 Å². The van der Waals surface area contributed by atoms with E-state index in [-0.39, 0.29) is 28.9 Å². The lowest BCUT2D eigenvalue weighted by molar-refractivity contribution is 0.145. The van der Waals surface area contributed by atoms with E-state index in [0.29, 0.717) is 32.3 Å². The van der Waals surface area contributed by atoms with Crippen molar-refractivity contribution in [3.8, 4) is 0 Å². The average Bonchev–Trinajstić information content (AvgIpc) is 2.53. The largest absolute Gasteiger partial charge is 0.382 e. The van der Waals surface area contributed by atoms with Crippen molar-refractivity contribution < 1.29 is 13.2 Å². The Labute approximate surface area is 155 Å². The lowest BCUT2D eigenvalue weighted by Crippen LogP contribution is -2.32. The number of rotatable bonds is 9. The van der Waals surface area contributed by atoms with Crippen LogP contribution in [0.25, 0.3) is 0 Å². The van der Waals surface area contributed by atoms with Gasteiger partial charge in [0.25, 0.3) is 0 Å². The van der Waals surface area contributed by atoms with Crippen LogP contribution in [-0.4, -0.2) is 41.2 Å². The molecule has 1 aromatic rings. The molecule has 0 unspecified atom stereocenters. The summed E-state index contributed by atoms with van der Waals surface area (Å²) in [5, 5.41) is 3.00. The molecule has 0 aliphatic rings. The summed E-state index contributed by atoms with van der Waals surface area (Å²) >= 11 is 0. The molecule has 0 aromatic heterocycles. The fourth-order valence-corrected chi connectivity index (χ4v) is 2.39. The van der Waals surface area contributed by atoms with E-state index in [1.807, 2.05) is 6.92 Å². The van der Waals surface area contributed by atoms with Crippen LogP contribution >= 0.6 is 24.0 Å². The van der Waals surface area contributed by atoms with Crippen molar-refractivity contribution in [2.24, 2.45) is 10.7 Å². The SMILES string of the molecule is CCOCCCNC(N)=NCc1ccc(S(=O)(=O)NC)cc1.I. The minimum absolute atomic E-state index is 0. The van der Waals surface area contributed by atoms with Gasteiger partial charge in [0.05, 0.1) is 11.4 Å². The first kappa shape index (κ1) is 22.1. The summed E-state index contributed by atoms with van der Waals surface area (Å²) in [4.78, 5) is 4.43. The van der Waals surface area contributed by atoms with Crippen LogP contribution in [0.1, 0.15) is 18.9 Å². The third-order valence-corrected chi connectivity index (χ3v) is 4.34. The molecule has 1 rings (SSSR count). The molecule has 0 fully saturated rings. The standard InChI is InChI=1S/C14H24N4O3S.HI/c1-3-21-10-4-9-17-14(15)18-11-12-5-7-13(8-6-12)22(19,20)16-2;/h5-8,16H,3-4,9-11H2,1-2H3,(H3,15,17,18);1H. The molecule has 0 saturated heterocycles. The number of guanidine groups is 1. The number of nitrogens with two attached hydrogens (primary N) is 1. The third-order valence-electron chi connectivity index (χ3n) is 2.91. The summed E-state index contributed by atoms with van der Waals surface area (Å²) in [6.07, 6.45) is 0.862.